The van der Waals surface area contributed by atoms with Crippen molar-refractivity contribution in [3.8, 4) is 17.2 Å². The standard InChI is InChI=1S/C23H25ClN2O6/c1-25(2)9-4-10-26-20(13-5-7-18(31-3)16(27)11-13)19-21(28)15-12-14(24)6-8-17(15)32-23(19,30)22(26)29/h5-8,11-12,19-20,27,30H,4,9-10H2,1-3H3. The molecule has 0 radical (unpaired) electrons. The molecule has 0 saturated carbocycles. The van der Waals surface area contributed by atoms with Gasteiger partial charge in [-0.3, -0.25) is 9.59 Å². The molecule has 3 atom stereocenters. The van der Waals surface area contributed by atoms with Gasteiger partial charge in [-0.1, -0.05) is 17.7 Å². The molecule has 2 aromatic rings. The zero-order valence-electron chi connectivity index (χ0n) is 18.0. The van der Waals surface area contributed by atoms with Gasteiger partial charge in [0, 0.05) is 11.6 Å². The lowest BCUT2D eigenvalue weighted by Crippen LogP contribution is -2.53. The van der Waals surface area contributed by atoms with Gasteiger partial charge in [-0.25, -0.2) is 0 Å². The second-order valence-corrected chi connectivity index (χ2v) is 8.75. The summed E-state index contributed by atoms with van der Waals surface area (Å²) in [5.41, 5.74) is 0.697. The zero-order chi connectivity index (χ0) is 23.2. The van der Waals surface area contributed by atoms with E-state index in [1.54, 1.807) is 12.1 Å². The Morgan fingerprint density at radius 1 is 1.22 bits per heavy atom. The predicted octanol–water partition coefficient (Wildman–Crippen LogP) is 2.47. The number of phenolic OH excluding ortho intramolecular Hbond substituents is 1. The quantitative estimate of drug-likeness (QED) is 0.683. The molecule has 1 fully saturated rings. The Morgan fingerprint density at radius 3 is 2.62 bits per heavy atom. The van der Waals surface area contributed by atoms with Gasteiger partial charge in [0.05, 0.1) is 18.7 Å². The van der Waals surface area contributed by atoms with Gasteiger partial charge in [0.2, 0.25) is 0 Å². The van der Waals surface area contributed by atoms with E-state index in [9.17, 15) is 19.8 Å². The predicted molar refractivity (Wildman–Crippen MR) is 117 cm³/mol. The fourth-order valence-corrected chi connectivity index (χ4v) is 4.64. The zero-order valence-corrected chi connectivity index (χ0v) is 18.8. The number of nitrogens with zero attached hydrogens (tertiary/aromatic N) is 2. The summed E-state index contributed by atoms with van der Waals surface area (Å²) in [5, 5.41) is 22.1. The third-order valence-corrected chi connectivity index (χ3v) is 6.18. The topological polar surface area (TPSA) is 99.5 Å². The first kappa shape index (κ1) is 22.4. The van der Waals surface area contributed by atoms with Gasteiger partial charge in [-0.2, -0.15) is 0 Å². The highest BCUT2D eigenvalue weighted by molar-refractivity contribution is 6.31. The lowest BCUT2D eigenvalue weighted by molar-refractivity contribution is -0.181. The van der Waals surface area contributed by atoms with Crippen molar-refractivity contribution in [3.63, 3.8) is 0 Å². The van der Waals surface area contributed by atoms with E-state index in [4.69, 9.17) is 21.1 Å². The molecular formula is C23H25ClN2O6. The number of aliphatic hydroxyl groups is 1. The van der Waals surface area contributed by atoms with E-state index in [1.165, 1.54) is 36.3 Å². The van der Waals surface area contributed by atoms with Crippen LogP contribution in [-0.4, -0.2) is 71.8 Å². The van der Waals surface area contributed by atoms with Crippen LogP contribution in [0, 0.1) is 5.92 Å². The Hall–Kier alpha value is -2.81. The summed E-state index contributed by atoms with van der Waals surface area (Å²) in [6.07, 6.45) is 0.618. The normalized spacial score (nSPS) is 24.4. The third-order valence-electron chi connectivity index (χ3n) is 5.94. The Labute approximate surface area is 190 Å². The van der Waals surface area contributed by atoms with Crippen LogP contribution in [0.5, 0.6) is 17.2 Å². The van der Waals surface area contributed by atoms with Crippen LogP contribution in [0.3, 0.4) is 0 Å². The number of fused-ring (bicyclic) bond motifs is 2. The molecule has 3 unspecified atom stereocenters. The highest BCUT2D eigenvalue weighted by atomic mass is 35.5. The Bertz CT molecular complexity index is 1070. The molecule has 1 amide bonds. The van der Waals surface area contributed by atoms with E-state index in [-0.39, 0.29) is 22.8 Å². The van der Waals surface area contributed by atoms with Gasteiger partial charge in [0.15, 0.2) is 17.3 Å². The van der Waals surface area contributed by atoms with Crippen molar-refractivity contribution in [2.45, 2.75) is 18.2 Å². The van der Waals surface area contributed by atoms with Crippen molar-refractivity contribution < 1.29 is 29.3 Å². The maximum atomic E-state index is 13.5. The average Bonchev–Trinajstić information content (AvgIpc) is 2.96. The number of benzene rings is 2. The number of Topliss-reactive ketones (excluding diaryl/α,β-unsaturated/α-hetero) is 1. The van der Waals surface area contributed by atoms with Gasteiger partial charge < -0.3 is 29.5 Å². The van der Waals surface area contributed by atoms with Crippen LogP contribution < -0.4 is 9.47 Å². The average molecular weight is 461 g/mol. The smallest absolute Gasteiger partial charge is 0.301 e. The summed E-state index contributed by atoms with van der Waals surface area (Å²) in [6, 6.07) is 8.31. The number of carbonyl (C=O) groups excluding carboxylic acids is 2. The van der Waals surface area contributed by atoms with Gasteiger partial charge in [-0.15, -0.1) is 0 Å². The number of hydrogen-bond acceptors (Lipinski definition) is 7. The van der Waals surface area contributed by atoms with Crippen LogP contribution in [-0.2, 0) is 4.79 Å². The van der Waals surface area contributed by atoms with Crippen LogP contribution in [0.25, 0.3) is 0 Å². The number of likely N-dealkylation sites (tertiary alicyclic amines) is 1. The van der Waals surface area contributed by atoms with Crippen LogP contribution >= 0.6 is 11.6 Å². The molecule has 0 spiro atoms. The largest absolute Gasteiger partial charge is 0.504 e. The van der Waals surface area contributed by atoms with E-state index >= 15 is 0 Å². The van der Waals surface area contributed by atoms with E-state index in [0.29, 0.717) is 30.1 Å². The van der Waals surface area contributed by atoms with E-state index < -0.39 is 29.4 Å². The molecule has 1 saturated heterocycles. The summed E-state index contributed by atoms with van der Waals surface area (Å²) >= 11 is 6.08. The fourth-order valence-electron chi connectivity index (χ4n) is 4.47. The summed E-state index contributed by atoms with van der Waals surface area (Å²) in [6.45, 7) is 0.999. The van der Waals surface area contributed by atoms with E-state index in [2.05, 4.69) is 0 Å². The number of amides is 1. The number of methoxy groups -OCH3 is 1. The third kappa shape index (κ3) is 3.58. The second kappa shape index (κ2) is 8.27. The molecule has 4 rings (SSSR count). The summed E-state index contributed by atoms with van der Waals surface area (Å²) < 4.78 is 10.9. The maximum absolute atomic E-state index is 13.5. The molecule has 32 heavy (non-hydrogen) atoms. The summed E-state index contributed by atoms with van der Waals surface area (Å²) in [7, 11) is 5.27. The Kier molecular flexibility index (Phi) is 5.79. The molecule has 0 aromatic heterocycles. The number of ether oxygens (including phenoxy) is 2. The molecule has 0 aliphatic carbocycles. The minimum atomic E-state index is -2.35. The number of phenols is 1. The SMILES string of the molecule is COc1ccc(C2C3C(=O)c4cc(Cl)ccc4OC3(O)C(=O)N2CCCN(C)C)cc1O. The lowest BCUT2D eigenvalue weighted by atomic mass is 9.81. The lowest BCUT2D eigenvalue weighted by Gasteiger charge is -2.34. The molecular weight excluding hydrogens is 436 g/mol. The van der Waals surface area contributed by atoms with Crippen molar-refractivity contribution in [1.82, 2.24) is 9.80 Å². The van der Waals surface area contributed by atoms with Crippen LogP contribution in [0.2, 0.25) is 5.02 Å². The minimum Gasteiger partial charge on any atom is -0.504 e. The molecule has 2 heterocycles. The number of carbonyl (C=O) groups is 2. The first-order chi connectivity index (χ1) is 15.2. The molecule has 2 N–H and O–H groups in total. The molecule has 9 heteroatoms. The highest BCUT2D eigenvalue weighted by Gasteiger charge is 2.66. The monoisotopic (exact) mass is 460 g/mol. The molecule has 2 aromatic carbocycles. The summed E-state index contributed by atoms with van der Waals surface area (Å²) in [5.74, 6) is -4.47. The van der Waals surface area contributed by atoms with Crippen molar-refractivity contribution in [2.24, 2.45) is 5.92 Å². The van der Waals surface area contributed by atoms with Gasteiger partial charge in [-0.05, 0) is 63.0 Å². The maximum Gasteiger partial charge on any atom is 0.301 e. The van der Waals surface area contributed by atoms with Crippen LogP contribution in [0.15, 0.2) is 36.4 Å². The number of ketones is 1. The van der Waals surface area contributed by atoms with E-state index in [1.807, 2.05) is 19.0 Å². The minimum absolute atomic E-state index is 0.109. The second-order valence-electron chi connectivity index (χ2n) is 8.31. The van der Waals surface area contributed by atoms with Gasteiger partial charge in [0.25, 0.3) is 5.91 Å². The molecule has 170 valence electrons. The molecule has 8 nitrogen and oxygen atoms in total. The van der Waals surface area contributed by atoms with Crippen molar-refractivity contribution in [2.75, 3.05) is 34.3 Å². The number of aromatic hydroxyl groups is 1. The van der Waals surface area contributed by atoms with Crippen LogP contribution in [0.1, 0.15) is 28.4 Å². The highest BCUT2D eigenvalue weighted by Crippen LogP contribution is 2.51. The van der Waals surface area contributed by atoms with E-state index in [0.717, 1.165) is 0 Å². The molecule has 0 bridgehead atoms. The van der Waals surface area contributed by atoms with Crippen LogP contribution in [0.4, 0.5) is 0 Å². The van der Waals surface area contributed by atoms with Crippen molar-refractivity contribution in [1.29, 1.82) is 0 Å². The number of hydrogen-bond donors (Lipinski definition) is 2. The van der Waals surface area contributed by atoms with Crippen molar-refractivity contribution >= 4 is 23.3 Å². The molecule has 2 aliphatic heterocycles. The summed E-state index contributed by atoms with van der Waals surface area (Å²) in [4.78, 5) is 30.4. The van der Waals surface area contributed by atoms with Gasteiger partial charge >= 0.3 is 5.79 Å². The van der Waals surface area contributed by atoms with Crippen molar-refractivity contribution in [3.05, 3.63) is 52.5 Å². The fraction of sp³-hybridized carbons (Fsp3) is 0.391. The first-order valence-electron chi connectivity index (χ1n) is 10.2. The molecule has 2 aliphatic rings. The first-order valence-corrected chi connectivity index (χ1v) is 10.6. The Morgan fingerprint density at radius 2 is 1.97 bits per heavy atom. The van der Waals surface area contributed by atoms with Gasteiger partial charge in [0.1, 0.15) is 11.7 Å². The number of rotatable bonds is 6. The Balaban J connectivity index is 1.82. The number of halogens is 1.